The van der Waals surface area contributed by atoms with Gasteiger partial charge in [0, 0.05) is 6.04 Å². The molecular weight excluding hydrogens is 201 g/mol. The van der Waals surface area contributed by atoms with E-state index in [2.05, 4.69) is 0 Å². The summed E-state index contributed by atoms with van der Waals surface area (Å²) in [5.74, 6) is 2.13. The van der Waals surface area contributed by atoms with Gasteiger partial charge in [0.25, 0.3) is 0 Å². The molecule has 16 heavy (non-hydrogen) atoms. The molecule has 0 spiro atoms. The number of nitrogens with two attached hydrogens (primary N) is 1. The maximum atomic E-state index is 13.3. The number of aryl methyl sites for hydroxylation is 1. The molecule has 2 fully saturated rings. The molecule has 0 saturated heterocycles. The van der Waals surface area contributed by atoms with Crippen LogP contribution in [0.15, 0.2) is 18.2 Å². The van der Waals surface area contributed by atoms with Gasteiger partial charge in [-0.25, -0.2) is 4.39 Å². The smallest absolute Gasteiger partial charge is 0.123 e. The summed E-state index contributed by atoms with van der Waals surface area (Å²) in [6, 6.07) is 5.24. The highest BCUT2D eigenvalue weighted by atomic mass is 19.1. The molecule has 2 aliphatic carbocycles. The molecule has 2 heteroatoms. The SMILES string of the molecule is Cc1cc(F)cc(C(N)C2C3CCCC32)c1. The minimum atomic E-state index is -0.156. The molecule has 0 aromatic heterocycles. The third-order valence-electron chi connectivity index (χ3n) is 4.34. The monoisotopic (exact) mass is 219 g/mol. The molecule has 0 radical (unpaired) electrons. The van der Waals surface area contributed by atoms with Crippen LogP contribution in [0.5, 0.6) is 0 Å². The Bertz CT molecular complexity index is 385. The van der Waals surface area contributed by atoms with Crippen LogP contribution in [-0.2, 0) is 0 Å². The van der Waals surface area contributed by atoms with Gasteiger partial charge in [-0.2, -0.15) is 0 Å². The molecule has 1 nitrogen and oxygen atoms in total. The van der Waals surface area contributed by atoms with E-state index in [0.29, 0.717) is 5.92 Å². The predicted octanol–water partition coefficient (Wildman–Crippen LogP) is 3.18. The zero-order valence-corrected chi connectivity index (χ0v) is 9.62. The lowest BCUT2D eigenvalue weighted by molar-refractivity contribution is 0.498. The van der Waals surface area contributed by atoms with E-state index in [1.54, 1.807) is 12.1 Å². The van der Waals surface area contributed by atoms with E-state index >= 15 is 0 Å². The second-order valence-electron chi connectivity index (χ2n) is 5.42. The first-order valence-electron chi connectivity index (χ1n) is 6.19. The highest BCUT2D eigenvalue weighted by molar-refractivity contribution is 5.28. The molecule has 3 atom stereocenters. The topological polar surface area (TPSA) is 26.0 Å². The molecule has 0 amide bonds. The standard InChI is InChI=1S/C14H18FN/c1-8-5-9(7-10(15)6-8)14(16)13-11-3-2-4-12(11)13/h5-7,11-14H,2-4,16H2,1H3. The molecule has 2 saturated carbocycles. The Morgan fingerprint density at radius 3 is 2.56 bits per heavy atom. The summed E-state index contributed by atoms with van der Waals surface area (Å²) in [4.78, 5) is 0. The van der Waals surface area contributed by atoms with Crippen LogP contribution >= 0.6 is 0 Å². The van der Waals surface area contributed by atoms with Gasteiger partial charge in [0.15, 0.2) is 0 Å². The fourth-order valence-electron chi connectivity index (χ4n) is 3.59. The summed E-state index contributed by atoms with van der Waals surface area (Å²) >= 11 is 0. The Kier molecular flexibility index (Phi) is 2.28. The third kappa shape index (κ3) is 1.56. The molecule has 0 heterocycles. The van der Waals surface area contributed by atoms with Crippen molar-refractivity contribution >= 4 is 0 Å². The van der Waals surface area contributed by atoms with E-state index in [9.17, 15) is 4.39 Å². The minimum Gasteiger partial charge on any atom is -0.324 e. The van der Waals surface area contributed by atoms with Crippen LogP contribution in [0.4, 0.5) is 4.39 Å². The van der Waals surface area contributed by atoms with E-state index in [0.717, 1.165) is 23.0 Å². The van der Waals surface area contributed by atoms with Gasteiger partial charge in [-0.15, -0.1) is 0 Å². The summed E-state index contributed by atoms with van der Waals surface area (Å²) in [7, 11) is 0. The Balaban J connectivity index is 1.81. The van der Waals surface area contributed by atoms with Crippen molar-refractivity contribution in [1.82, 2.24) is 0 Å². The van der Waals surface area contributed by atoms with Crippen molar-refractivity contribution in [2.24, 2.45) is 23.5 Å². The zero-order valence-electron chi connectivity index (χ0n) is 9.62. The first-order valence-corrected chi connectivity index (χ1v) is 6.19. The molecule has 0 aliphatic heterocycles. The summed E-state index contributed by atoms with van der Waals surface area (Å²) in [5, 5.41) is 0. The second-order valence-corrected chi connectivity index (χ2v) is 5.42. The number of fused-ring (bicyclic) bond motifs is 1. The van der Waals surface area contributed by atoms with Crippen LogP contribution in [0, 0.1) is 30.5 Å². The summed E-state index contributed by atoms with van der Waals surface area (Å²) in [6.07, 6.45) is 4.02. The van der Waals surface area contributed by atoms with Crippen molar-refractivity contribution in [3.05, 3.63) is 35.1 Å². The predicted molar refractivity (Wildman–Crippen MR) is 62.4 cm³/mol. The summed E-state index contributed by atoms with van der Waals surface area (Å²) < 4.78 is 13.3. The Morgan fingerprint density at radius 1 is 1.25 bits per heavy atom. The fraction of sp³-hybridized carbons (Fsp3) is 0.571. The normalized spacial score (nSPS) is 33.6. The van der Waals surface area contributed by atoms with Crippen molar-refractivity contribution in [3.8, 4) is 0 Å². The number of hydrogen-bond donors (Lipinski definition) is 1. The number of hydrogen-bond acceptors (Lipinski definition) is 1. The van der Waals surface area contributed by atoms with Gasteiger partial charge >= 0.3 is 0 Å². The lowest BCUT2D eigenvalue weighted by Crippen LogP contribution is -2.15. The second kappa shape index (κ2) is 3.56. The average molecular weight is 219 g/mol. The van der Waals surface area contributed by atoms with Gasteiger partial charge in [-0.3, -0.25) is 0 Å². The van der Waals surface area contributed by atoms with Crippen molar-refractivity contribution in [2.75, 3.05) is 0 Å². The number of halogens is 1. The van der Waals surface area contributed by atoms with Crippen LogP contribution < -0.4 is 5.73 Å². The molecule has 2 N–H and O–H groups in total. The summed E-state index contributed by atoms with van der Waals surface area (Å²) in [6.45, 7) is 1.92. The molecule has 3 rings (SSSR count). The van der Waals surface area contributed by atoms with Crippen LogP contribution in [0.3, 0.4) is 0 Å². The third-order valence-corrected chi connectivity index (χ3v) is 4.34. The Morgan fingerprint density at radius 2 is 1.94 bits per heavy atom. The van der Waals surface area contributed by atoms with Gasteiger partial charge in [-0.1, -0.05) is 12.5 Å². The van der Waals surface area contributed by atoms with Gasteiger partial charge in [0.1, 0.15) is 5.82 Å². The largest absolute Gasteiger partial charge is 0.324 e. The molecular formula is C14H18FN. The maximum Gasteiger partial charge on any atom is 0.123 e. The first kappa shape index (κ1) is 10.3. The van der Waals surface area contributed by atoms with Crippen LogP contribution in [0.25, 0.3) is 0 Å². The van der Waals surface area contributed by atoms with E-state index in [4.69, 9.17) is 5.73 Å². The van der Waals surface area contributed by atoms with E-state index in [1.165, 1.54) is 19.3 Å². The average Bonchev–Trinajstić information content (AvgIpc) is 2.68. The molecule has 1 aromatic rings. The fourth-order valence-corrected chi connectivity index (χ4v) is 3.59. The van der Waals surface area contributed by atoms with E-state index in [1.807, 2.05) is 13.0 Å². The lowest BCUT2D eigenvalue weighted by atomic mass is 9.96. The summed E-state index contributed by atoms with van der Waals surface area (Å²) in [5.41, 5.74) is 8.21. The molecule has 0 bridgehead atoms. The maximum absolute atomic E-state index is 13.3. The number of benzene rings is 1. The van der Waals surface area contributed by atoms with Crippen LogP contribution in [0.2, 0.25) is 0 Å². The van der Waals surface area contributed by atoms with Gasteiger partial charge < -0.3 is 5.73 Å². The van der Waals surface area contributed by atoms with E-state index in [-0.39, 0.29) is 11.9 Å². The molecule has 1 aromatic carbocycles. The van der Waals surface area contributed by atoms with E-state index < -0.39 is 0 Å². The van der Waals surface area contributed by atoms with Gasteiger partial charge in [-0.05, 0) is 60.8 Å². The van der Waals surface area contributed by atoms with Gasteiger partial charge in [0.05, 0.1) is 0 Å². The lowest BCUT2D eigenvalue weighted by Gasteiger charge is -2.15. The number of rotatable bonds is 2. The highest BCUT2D eigenvalue weighted by Crippen LogP contribution is 2.61. The zero-order chi connectivity index (χ0) is 11.3. The van der Waals surface area contributed by atoms with Gasteiger partial charge in [0.2, 0.25) is 0 Å². The molecule has 86 valence electrons. The molecule has 2 aliphatic rings. The Hall–Kier alpha value is -0.890. The minimum absolute atomic E-state index is 0.0460. The van der Waals surface area contributed by atoms with Crippen molar-refractivity contribution in [2.45, 2.75) is 32.2 Å². The van der Waals surface area contributed by atoms with Crippen LogP contribution in [0.1, 0.15) is 36.4 Å². The van der Waals surface area contributed by atoms with Crippen molar-refractivity contribution < 1.29 is 4.39 Å². The van der Waals surface area contributed by atoms with Crippen molar-refractivity contribution in [3.63, 3.8) is 0 Å². The first-order chi connectivity index (χ1) is 7.66. The van der Waals surface area contributed by atoms with Crippen molar-refractivity contribution in [1.29, 1.82) is 0 Å². The Labute approximate surface area is 95.8 Å². The highest BCUT2D eigenvalue weighted by Gasteiger charge is 2.55. The quantitative estimate of drug-likeness (QED) is 0.812. The molecule has 3 unspecified atom stereocenters. The van der Waals surface area contributed by atoms with Crippen LogP contribution in [-0.4, -0.2) is 0 Å².